The van der Waals surface area contributed by atoms with Gasteiger partial charge >= 0.3 is 0 Å². The Kier molecular flexibility index (Phi) is 5.67. The Morgan fingerprint density at radius 1 is 0.857 bits per heavy atom. The summed E-state index contributed by atoms with van der Waals surface area (Å²) in [6, 6.07) is 10.1. The molecule has 1 aromatic carbocycles. The van der Waals surface area contributed by atoms with Gasteiger partial charge in [-0.2, -0.15) is 0 Å². The quantitative estimate of drug-likeness (QED) is 0.819. The molecule has 1 aromatic heterocycles. The lowest BCUT2D eigenvalue weighted by atomic mass is 10.2. The van der Waals surface area contributed by atoms with E-state index in [4.69, 9.17) is 0 Å². The summed E-state index contributed by atoms with van der Waals surface area (Å²) in [5, 5.41) is 1.09. The highest BCUT2D eigenvalue weighted by atomic mass is 16.2. The van der Waals surface area contributed by atoms with E-state index in [1.807, 2.05) is 51.7 Å². The van der Waals surface area contributed by atoms with Gasteiger partial charge in [-0.3, -0.25) is 14.5 Å². The van der Waals surface area contributed by atoms with Gasteiger partial charge in [0.25, 0.3) is 5.91 Å². The number of hydrogen-bond acceptors (Lipinski definition) is 3. The highest BCUT2D eigenvalue weighted by Gasteiger charge is 2.26. The largest absolute Gasteiger partial charge is 0.342 e. The third-order valence-corrected chi connectivity index (χ3v) is 6.15. The second kappa shape index (κ2) is 8.35. The molecule has 2 saturated heterocycles. The number of aryl methyl sites for hydroxylation is 1. The molecule has 0 atom stereocenters. The number of carbonyl (C=O) groups is 2. The fraction of sp³-hybridized carbons (Fsp3) is 0.545. The van der Waals surface area contributed by atoms with Crippen molar-refractivity contribution in [1.82, 2.24) is 19.3 Å². The predicted molar refractivity (Wildman–Crippen MR) is 110 cm³/mol. The lowest BCUT2D eigenvalue weighted by Crippen LogP contribution is -2.51. The van der Waals surface area contributed by atoms with Crippen LogP contribution < -0.4 is 0 Å². The van der Waals surface area contributed by atoms with Crippen molar-refractivity contribution < 1.29 is 9.59 Å². The average molecular weight is 383 g/mol. The second-order valence-electron chi connectivity index (χ2n) is 8.01. The maximum Gasteiger partial charge on any atom is 0.270 e. The Morgan fingerprint density at radius 2 is 1.54 bits per heavy atom. The summed E-state index contributed by atoms with van der Waals surface area (Å²) >= 11 is 0. The van der Waals surface area contributed by atoms with E-state index in [2.05, 4.69) is 4.90 Å². The Morgan fingerprint density at radius 3 is 2.21 bits per heavy atom. The van der Waals surface area contributed by atoms with Crippen molar-refractivity contribution in [2.45, 2.75) is 25.7 Å². The van der Waals surface area contributed by atoms with Crippen LogP contribution in [0.4, 0.5) is 0 Å². The van der Waals surface area contributed by atoms with E-state index < -0.39 is 0 Å². The molecule has 2 aromatic rings. The molecule has 2 amide bonds. The fourth-order valence-corrected chi connectivity index (χ4v) is 4.38. The zero-order valence-electron chi connectivity index (χ0n) is 16.8. The van der Waals surface area contributed by atoms with Crippen LogP contribution in [0.25, 0.3) is 10.9 Å². The molecular formula is C22H30N4O2. The van der Waals surface area contributed by atoms with Gasteiger partial charge in [-0.25, -0.2) is 0 Å². The minimum absolute atomic E-state index is 0.0807. The summed E-state index contributed by atoms with van der Waals surface area (Å²) < 4.78 is 1.98. The van der Waals surface area contributed by atoms with Crippen LogP contribution in [0, 0.1) is 0 Å². The number of carbonyl (C=O) groups excluding carboxylic acids is 2. The maximum absolute atomic E-state index is 13.0. The number of amides is 2. The molecule has 0 spiro atoms. The lowest BCUT2D eigenvalue weighted by molar-refractivity contribution is -0.132. The fourth-order valence-electron chi connectivity index (χ4n) is 4.38. The Hall–Kier alpha value is -2.34. The van der Waals surface area contributed by atoms with Crippen molar-refractivity contribution in [2.75, 3.05) is 45.8 Å². The normalized spacial score (nSPS) is 19.0. The summed E-state index contributed by atoms with van der Waals surface area (Å²) in [6.45, 7) is 5.15. The highest BCUT2D eigenvalue weighted by molar-refractivity contribution is 5.98. The highest BCUT2D eigenvalue weighted by Crippen LogP contribution is 2.20. The van der Waals surface area contributed by atoms with E-state index in [-0.39, 0.29) is 11.8 Å². The Labute approximate surface area is 166 Å². The second-order valence-corrected chi connectivity index (χ2v) is 8.01. The lowest BCUT2D eigenvalue weighted by Gasteiger charge is -2.35. The number of fused-ring (bicyclic) bond motifs is 1. The number of hydrogen-bond donors (Lipinski definition) is 0. The molecule has 0 unspecified atom stereocenters. The molecule has 0 aliphatic carbocycles. The molecule has 6 nitrogen and oxygen atoms in total. The van der Waals surface area contributed by atoms with Gasteiger partial charge in [0.1, 0.15) is 5.69 Å². The predicted octanol–water partition coefficient (Wildman–Crippen LogP) is 2.34. The summed E-state index contributed by atoms with van der Waals surface area (Å²) in [4.78, 5) is 31.8. The van der Waals surface area contributed by atoms with E-state index >= 15 is 0 Å². The number of likely N-dealkylation sites (tertiary alicyclic amines) is 1. The van der Waals surface area contributed by atoms with Gasteiger partial charge in [-0.1, -0.05) is 31.0 Å². The number of rotatable bonds is 3. The molecule has 0 radical (unpaired) electrons. The first-order valence-electron chi connectivity index (χ1n) is 10.5. The van der Waals surface area contributed by atoms with E-state index in [1.165, 1.54) is 12.8 Å². The SMILES string of the molecule is Cn1c(C(=O)N2CCN(CC(=O)N3CCCCCC3)CC2)cc2ccccc21. The molecular weight excluding hydrogens is 352 g/mol. The minimum Gasteiger partial charge on any atom is -0.342 e. The average Bonchev–Trinajstić information content (AvgIpc) is 2.89. The third-order valence-electron chi connectivity index (χ3n) is 6.15. The van der Waals surface area contributed by atoms with Crippen molar-refractivity contribution in [3.05, 3.63) is 36.0 Å². The van der Waals surface area contributed by atoms with E-state index in [0.717, 1.165) is 55.6 Å². The van der Waals surface area contributed by atoms with Crippen molar-refractivity contribution >= 4 is 22.7 Å². The van der Waals surface area contributed by atoms with Crippen LogP contribution in [0.5, 0.6) is 0 Å². The standard InChI is InChI=1S/C22H30N4O2/c1-23-19-9-5-4-8-18(19)16-20(23)22(28)26-14-12-24(13-15-26)17-21(27)25-10-6-2-3-7-11-25/h4-5,8-9,16H,2-3,6-7,10-15,17H2,1H3. The zero-order chi connectivity index (χ0) is 19.5. The summed E-state index contributed by atoms with van der Waals surface area (Å²) in [7, 11) is 1.95. The smallest absolute Gasteiger partial charge is 0.270 e. The van der Waals surface area contributed by atoms with Gasteiger partial charge in [0.2, 0.25) is 5.91 Å². The summed E-state index contributed by atoms with van der Waals surface area (Å²) in [6.07, 6.45) is 4.72. The molecule has 2 aliphatic rings. The van der Waals surface area contributed by atoms with Gasteiger partial charge < -0.3 is 14.4 Å². The first-order valence-corrected chi connectivity index (χ1v) is 10.5. The molecule has 3 heterocycles. The molecule has 0 N–H and O–H groups in total. The van der Waals surface area contributed by atoms with Gasteiger partial charge in [-0.15, -0.1) is 0 Å². The van der Waals surface area contributed by atoms with E-state index in [1.54, 1.807) is 0 Å². The van der Waals surface area contributed by atoms with Crippen LogP contribution in [-0.4, -0.2) is 76.9 Å². The first-order chi connectivity index (χ1) is 13.6. The van der Waals surface area contributed by atoms with Crippen LogP contribution in [0.2, 0.25) is 0 Å². The number of piperazine rings is 1. The van der Waals surface area contributed by atoms with Gasteiger partial charge in [0.05, 0.1) is 6.54 Å². The maximum atomic E-state index is 13.0. The number of nitrogens with zero attached hydrogens (tertiary/aromatic N) is 4. The molecule has 4 rings (SSSR count). The third kappa shape index (κ3) is 3.92. The van der Waals surface area contributed by atoms with Gasteiger partial charge in [-0.05, 0) is 25.0 Å². The van der Waals surface area contributed by atoms with Gasteiger partial charge in [0, 0.05) is 57.2 Å². The summed E-state index contributed by atoms with van der Waals surface area (Å²) in [5.74, 6) is 0.326. The number of para-hydroxylation sites is 1. The molecule has 6 heteroatoms. The number of benzene rings is 1. The van der Waals surface area contributed by atoms with Gasteiger partial charge in [0.15, 0.2) is 0 Å². The van der Waals surface area contributed by atoms with Crippen molar-refractivity contribution in [3.8, 4) is 0 Å². The van der Waals surface area contributed by atoms with Crippen LogP contribution in [0.15, 0.2) is 30.3 Å². The monoisotopic (exact) mass is 382 g/mol. The topological polar surface area (TPSA) is 48.8 Å². The van der Waals surface area contributed by atoms with Crippen molar-refractivity contribution in [3.63, 3.8) is 0 Å². The molecule has 28 heavy (non-hydrogen) atoms. The van der Waals surface area contributed by atoms with Crippen LogP contribution in [0.3, 0.4) is 0 Å². The molecule has 150 valence electrons. The van der Waals surface area contributed by atoms with Crippen molar-refractivity contribution in [1.29, 1.82) is 0 Å². The minimum atomic E-state index is 0.0807. The zero-order valence-corrected chi connectivity index (χ0v) is 16.8. The van der Waals surface area contributed by atoms with Crippen LogP contribution >= 0.6 is 0 Å². The molecule has 2 fully saturated rings. The molecule has 2 aliphatic heterocycles. The van der Waals surface area contributed by atoms with Crippen molar-refractivity contribution in [2.24, 2.45) is 7.05 Å². The summed E-state index contributed by atoms with van der Waals surface area (Å²) in [5.41, 5.74) is 1.81. The molecule has 0 saturated carbocycles. The van der Waals surface area contributed by atoms with E-state index in [9.17, 15) is 9.59 Å². The Balaban J connectivity index is 1.33. The number of aromatic nitrogens is 1. The molecule has 0 bridgehead atoms. The Bertz CT molecular complexity index is 843. The van der Waals surface area contributed by atoms with E-state index in [0.29, 0.717) is 19.6 Å². The first kappa shape index (κ1) is 19.0. The van der Waals surface area contributed by atoms with Crippen LogP contribution in [-0.2, 0) is 11.8 Å². The van der Waals surface area contributed by atoms with Crippen LogP contribution in [0.1, 0.15) is 36.2 Å².